The van der Waals surface area contributed by atoms with Gasteiger partial charge in [-0.1, -0.05) is 130 Å². The van der Waals surface area contributed by atoms with Crippen LogP contribution in [-0.2, 0) is 0 Å². The second-order valence-electron chi connectivity index (χ2n) is 10.1. The molecule has 2 heteroatoms. The first-order valence-corrected chi connectivity index (χ1v) is 14.5. The van der Waals surface area contributed by atoms with E-state index in [2.05, 4.69) is 43.0 Å². The van der Waals surface area contributed by atoms with E-state index in [9.17, 15) is 0 Å². The highest BCUT2D eigenvalue weighted by atomic mass is 15.4. The van der Waals surface area contributed by atoms with Crippen LogP contribution in [-0.4, -0.2) is 29.1 Å². The van der Waals surface area contributed by atoms with Crippen molar-refractivity contribution in [2.24, 2.45) is 0 Å². The minimum absolute atomic E-state index is 0.645. The first-order chi connectivity index (χ1) is 15.3. The van der Waals surface area contributed by atoms with Crippen molar-refractivity contribution in [2.45, 2.75) is 162 Å². The predicted octanol–water partition coefficient (Wildman–Crippen LogP) is 9.65. The average Bonchev–Trinajstić information content (AvgIpc) is 3.16. The van der Waals surface area contributed by atoms with E-state index in [1.165, 1.54) is 148 Å². The summed E-state index contributed by atoms with van der Waals surface area (Å²) in [4.78, 5) is 5.36. The number of unbranched alkanes of at least 4 members (excludes halogenated alkanes) is 17. The summed E-state index contributed by atoms with van der Waals surface area (Å²) >= 11 is 0. The van der Waals surface area contributed by atoms with E-state index in [0.717, 1.165) is 0 Å². The van der Waals surface area contributed by atoms with Crippen LogP contribution in [0.2, 0.25) is 0 Å². The molecule has 1 rings (SSSR count). The van der Waals surface area contributed by atoms with Crippen molar-refractivity contribution in [3.63, 3.8) is 0 Å². The van der Waals surface area contributed by atoms with Gasteiger partial charge in [0, 0.05) is 25.5 Å². The van der Waals surface area contributed by atoms with Crippen LogP contribution in [0.25, 0.3) is 0 Å². The molecule has 0 fully saturated rings. The molecule has 0 spiro atoms. The molecule has 0 bridgehead atoms. The van der Waals surface area contributed by atoms with Crippen molar-refractivity contribution >= 4 is 0 Å². The van der Waals surface area contributed by atoms with Gasteiger partial charge in [-0.15, -0.1) is 0 Å². The molecule has 1 aliphatic rings. The molecule has 0 aliphatic carbocycles. The molecule has 2 nitrogen and oxygen atoms in total. The van der Waals surface area contributed by atoms with E-state index in [4.69, 9.17) is 0 Å². The first kappa shape index (κ1) is 28.4. The Balaban J connectivity index is 2.29. The Bertz CT molecular complexity index is 364. The number of rotatable bonds is 23. The van der Waals surface area contributed by atoms with Crippen LogP contribution < -0.4 is 0 Å². The second kappa shape index (κ2) is 21.2. The van der Waals surface area contributed by atoms with Crippen LogP contribution in [0, 0.1) is 0 Å². The maximum atomic E-state index is 2.68. The SMILES string of the molecule is CCCCCCCCCN1C=CN(CCCCCCCCC)C1CCCCCCCC. The maximum Gasteiger partial charge on any atom is 0.101 e. The Labute approximate surface area is 197 Å². The summed E-state index contributed by atoms with van der Waals surface area (Å²) in [6.07, 6.45) is 35.0. The minimum atomic E-state index is 0.645. The van der Waals surface area contributed by atoms with Gasteiger partial charge in [-0.25, -0.2) is 0 Å². The van der Waals surface area contributed by atoms with Gasteiger partial charge in [-0.3, -0.25) is 0 Å². The largest absolute Gasteiger partial charge is 0.356 e. The van der Waals surface area contributed by atoms with E-state index < -0.39 is 0 Å². The van der Waals surface area contributed by atoms with Gasteiger partial charge in [0.25, 0.3) is 0 Å². The van der Waals surface area contributed by atoms with Gasteiger partial charge in [-0.2, -0.15) is 0 Å². The normalized spacial score (nSPS) is 14.3. The quantitative estimate of drug-likeness (QED) is 0.148. The fraction of sp³-hybridized carbons (Fsp3) is 0.931. The molecule has 0 aromatic carbocycles. The number of hydrogen-bond donors (Lipinski definition) is 0. The second-order valence-corrected chi connectivity index (χ2v) is 10.1. The lowest BCUT2D eigenvalue weighted by Gasteiger charge is -2.33. The van der Waals surface area contributed by atoms with Crippen molar-refractivity contribution in [1.29, 1.82) is 0 Å². The van der Waals surface area contributed by atoms with Crippen LogP contribution in [0.3, 0.4) is 0 Å². The van der Waals surface area contributed by atoms with Gasteiger partial charge in [-0.05, 0) is 25.7 Å². The number of nitrogens with zero attached hydrogens (tertiary/aromatic N) is 2. The zero-order valence-corrected chi connectivity index (χ0v) is 21.9. The molecule has 0 unspecified atom stereocenters. The Kier molecular flexibility index (Phi) is 19.4. The van der Waals surface area contributed by atoms with Crippen molar-refractivity contribution in [3.05, 3.63) is 12.4 Å². The minimum Gasteiger partial charge on any atom is -0.356 e. The molecule has 0 aromatic rings. The number of hydrogen-bond acceptors (Lipinski definition) is 2. The maximum absolute atomic E-state index is 2.68. The summed E-state index contributed by atoms with van der Waals surface area (Å²) in [5.41, 5.74) is 0. The van der Waals surface area contributed by atoms with E-state index in [-0.39, 0.29) is 0 Å². The molecular weight excluding hydrogens is 376 g/mol. The zero-order valence-electron chi connectivity index (χ0n) is 21.9. The highest BCUT2D eigenvalue weighted by molar-refractivity contribution is 4.97. The fourth-order valence-electron chi connectivity index (χ4n) is 4.95. The lowest BCUT2D eigenvalue weighted by atomic mass is 10.1. The summed E-state index contributed by atoms with van der Waals surface area (Å²) in [5, 5.41) is 0. The Morgan fingerprint density at radius 2 is 0.742 bits per heavy atom. The van der Waals surface area contributed by atoms with Crippen molar-refractivity contribution < 1.29 is 0 Å². The third kappa shape index (κ3) is 14.9. The zero-order chi connectivity index (χ0) is 22.4. The summed E-state index contributed by atoms with van der Waals surface area (Å²) < 4.78 is 0. The highest BCUT2D eigenvalue weighted by Crippen LogP contribution is 2.23. The highest BCUT2D eigenvalue weighted by Gasteiger charge is 2.24. The predicted molar refractivity (Wildman–Crippen MR) is 140 cm³/mol. The summed E-state index contributed by atoms with van der Waals surface area (Å²) in [5.74, 6) is 0. The van der Waals surface area contributed by atoms with Crippen molar-refractivity contribution in [1.82, 2.24) is 9.80 Å². The molecule has 0 atom stereocenters. The van der Waals surface area contributed by atoms with E-state index in [1.54, 1.807) is 0 Å². The third-order valence-electron chi connectivity index (χ3n) is 7.07. The molecule has 184 valence electrons. The van der Waals surface area contributed by atoms with Gasteiger partial charge in [0.2, 0.25) is 0 Å². The molecular formula is C29H58N2. The molecule has 1 aliphatic heterocycles. The molecule has 0 saturated carbocycles. The Hall–Kier alpha value is -0.660. The van der Waals surface area contributed by atoms with Crippen LogP contribution in [0.4, 0.5) is 0 Å². The van der Waals surface area contributed by atoms with E-state index in [0.29, 0.717) is 6.17 Å². The van der Waals surface area contributed by atoms with Gasteiger partial charge in [0.15, 0.2) is 0 Å². The lowest BCUT2D eigenvalue weighted by molar-refractivity contribution is 0.135. The monoisotopic (exact) mass is 434 g/mol. The fourth-order valence-corrected chi connectivity index (χ4v) is 4.95. The smallest absolute Gasteiger partial charge is 0.101 e. The summed E-state index contributed by atoms with van der Waals surface area (Å²) in [6.45, 7) is 9.45. The first-order valence-electron chi connectivity index (χ1n) is 14.5. The van der Waals surface area contributed by atoms with E-state index >= 15 is 0 Å². The van der Waals surface area contributed by atoms with Gasteiger partial charge < -0.3 is 9.80 Å². The molecule has 1 heterocycles. The van der Waals surface area contributed by atoms with Gasteiger partial charge in [0.1, 0.15) is 6.17 Å². The Morgan fingerprint density at radius 1 is 0.419 bits per heavy atom. The lowest BCUT2D eigenvalue weighted by Crippen LogP contribution is -2.39. The molecule has 0 radical (unpaired) electrons. The third-order valence-corrected chi connectivity index (χ3v) is 7.07. The average molecular weight is 435 g/mol. The molecule has 0 saturated heterocycles. The van der Waals surface area contributed by atoms with Crippen molar-refractivity contribution in [2.75, 3.05) is 13.1 Å². The van der Waals surface area contributed by atoms with Gasteiger partial charge >= 0.3 is 0 Å². The molecule has 0 N–H and O–H groups in total. The van der Waals surface area contributed by atoms with Crippen LogP contribution >= 0.6 is 0 Å². The summed E-state index contributed by atoms with van der Waals surface area (Å²) in [7, 11) is 0. The molecule has 0 aromatic heterocycles. The Morgan fingerprint density at radius 3 is 1.13 bits per heavy atom. The standard InChI is InChI=1S/C29H58N2/c1-4-7-10-13-16-19-22-25-30-27-28-31(26-23-20-17-14-11-8-5-2)29(30)24-21-18-15-12-9-6-3/h27-29H,4-26H2,1-3H3. The summed E-state index contributed by atoms with van der Waals surface area (Å²) in [6, 6.07) is 0. The van der Waals surface area contributed by atoms with Crippen LogP contribution in [0.1, 0.15) is 156 Å². The van der Waals surface area contributed by atoms with Crippen LogP contribution in [0.5, 0.6) is 0 Å². The van der Waals surface area contributed by atoms with Gasteiger partial charge in [0.05, 0.1) is 0 Å². The van der Waals surface area contributed by atoms with Crippen molar-refractivity contribution in [3.8, 4) is 0 Å². The van der Waals surface area contributed by atoms with Crippen LogP contribution in [0.15, 0.2) is 12.4 Å². The van der Waals surface area contributed by atoms with E-state index in [1.807, 2.05) is 0 Å². The molecule has 31 heavy (non-hydrogen) atoms. The molecule has 0 amide bonds. The topological polar surface area (TPSA) is 6.48 Å².